The lowest BCUT2D eigenvalue weighted by molar-refractivity contribution is -0.144. The second-order valence-electron chi connectivity index (χ2n) is 12.3. The van der Waals surface area contributed by atoms with Crippen LogP contribution >= 0.6 is 0 Å². The molecule has 6 rings (SSSR count). The third-order valence-corrected chi connectivity index (χ3v) is 9.98. The topological polar surface area (TPSA) is 82.4 Å². The molecule has 0 spiro atoms. The second kappa shape index (κ2) is 11.1. The molecule has 5 aliphatic rings. The normalized spacial score (nSPS) is 34.7. The van der Waals surface area contributed by atoms with Crippen LogP contribution in [0.5, 0.6) is 0 Å². The van der Waals surface area contributed by atoms with E-state index in [9.17, 15) is 14.7 Å². The number of carbonyl (C=O) groups is 2. The molecular formula is C31H43N3O4. The van der Waals surface area contributed by atoms with Crippen molar-refractivity contribution in [3.8, 4) is 0 Å². The van der Waals surface area contributed by atoms with E-state index in [0.29, 0.717) is 18.7 Å². The number of rotatable bonds is 7. The predicted molar refractivity (Wildman–Crippen MR) is 148 cm³/mol. The van der Waals surface area contributed by atoms with Gasteiger partial charge in [0.2, 0.25) is 0 Å². The highest BCUT2D eigenvalue weighted by atomic mass is 16.5. The number of aliphatic hydroxyl groups is 1. The van der Waals surface area contributed by atoms with Crippen LogP contribution in [0.2, 0.25) is 0 Å². The van der Waals surface area contributed by atoms with E-state index in [1.54, 1.807) is 6.92 Å². The van der Waals surface area contributed by atoms with Crippen molar-refractivity contribution in [1.82, 2.24) is 4.90 Å². The zero-order chi connectivity index (χ0) is 26.2. The summed E-state index contributed by atoms with van der Waals surface area (Å²) in [5, 5.41) is 11.6. The lowest BCUT2D eigenvalue weighted by atomic mass is 9.68. The third-order valence-electron chi connectivity index (χ3n) is 9.98. The first-order valence-corrected chi connectivity index (χ1v) is 15.1. The van der Waals surface area contributed by atoms with E-state index in [1.807, 2.05) is 24.3 Å². The molecule has 0 amide bonds. The fourth-order valence-electron chi connectivity index (χ4n) is 8.56. The number of anilines is 1. The van der Waals surface area contributed by atoms with Gasteiger partial charge in [0, 0.05) is 30.6 Å². The fraction of sp³-hybridized carbons (Fsp3) is 0.710. The molecule has 2 saturated carbocycles. The third kappa shape index (κ3) is 5.04. The lowest BCUT2D eigenvalue weighted by Gasteiger charge is -2.57. The monoisotopic (exact) mass is 521 g/mol. The summed E-state index contributed by atoms with van der Waals surface area (Å²) in [7, 11) is 0. The molecule has 206 valence electrons. The van der Waals surface area contributed by atoms with Gasteiger partial charge < -0.3 is 14.7 Å². The zero-order valence-electron chi connectivity index (χ0n) is 22.8. The lowest BCUT2D eigenvalue weighted by Crippen LogP contribution is -2.63. The molecule has 7 nitrogen and oxygen atoms in total. The van der Waals surface area contributed by atoms with Crippen LogP contribution in [0, 0.1) is 11.8 Å². The molecule has 1 aromatic rings. The summed E-state index contributed by atoms with van der Waals surface area (Å²) >= 11 is 0. The highest BCUT2D eigenvalue weighted by Crippen LogP contribution is 2.47. The van der Waals surface area contributed by atoms with E-state index < -0.39 is 12.2 Å². The first kappa shape index (κ1) is 26.0. The number of nitrogens with zero attached hydrogens (tertiary/aromatic N) is 3. The SMILES string of the molecule is CCOC(=O)CCC(=O)C1=Nc2ccccc2N(C2CC3CCCC(C2)N3C2CC3CCCC(C3)C2)C1O. The van der Waals surface area contributed by atoms with E-state index in [-0.39, 0.29) is 30.4 Å². The molecule has 5 unspecified atom stereocenters. The van der Waals surface area contributed by atoms with Crippen LogP contribution in [0.1, 0.15) is 90.4 Å². The van der Waals surface area contributed by atoms with Crippen LogP contribution in [0.4, 0.5) is 11.4 Å². The number of Topliss-reactive ketones (excluding diaryl/α,β-unsaturated/α-hetero) is 1. The molecule has 0 aromatic heterocycles. The van der Waals surface area contributed by atoms with Gasteiger partial charge >= 0.3 is 5.97 Å². The van der Waals surface area contributed by atoms with Crippen LogP contribution in [0.3, 0.4) is 0 Å². The standard InChI is InChI=1S/C31H43N3O4/c1-2-38-29(36)14-13-28(35)30-31(37)34(27-12-4-3-11-26(27)32-30)25-18-22-9-6-10-23(19-25)33(22)24-16-20-7-5-8-21(15-20)17-24/h3-4,11-12,20-25,31,37H,2,5-10,13-19H2,1H3. The molecule has 38 heavy (non-hydrogen) atoms. The van der Waals surface area contributed by atoms with Crippen molar-refractivity contribution in [1.29, 1.82) is 0 Å². The van der Waals surface area contributed by atoms with Gasteiger partial charge in [-0.25, -0.2) is 4.99 Å². The number of ether oxygens (including phenoxy) is 1. The number of fused-ring (bicyclic) bond motifs is 5. The van der Waals surface area contributed by atoms with E-state index in [4.69, 9.17) is 4.74 Å². The maximum Gasteiger partial charge on any atom is 0.306 e. The van der Waals surface area contributed by atoms with E-state index >= 15 is 0 Å². The van der Waals surface area contributed by atoms with Crippen molar-refractivity contribution in [3.05, 3.63) is 24.3 Å². The van der Waals surface area contributed by atoms with Gasteiger partial charge in [-0.1, -0.05) is 37.8 Å². The summed E-state index contributed by atoms with van der Waals surface area (Å²) in [6.45, 7) is 2.05. The average Bonchev–Trinajstić information content (AvgIpc) is 2.90. The van der Waals surface area contributed by atoms with Crippen molar-refractivity contribution >= 4 is 28.8 Å². The minimum Gasteiger partial charge on any atom is -0.466 e. The van der Waals surface area contributed by atoms with Gasteiger partial charge in [-0.15, -0.1) is 0 Å². The molecule has 2 saturated heterocycles. The second-order valence-corrected chi connectivity index (χ2v) is 12.3. The Bertz CT molecular complexity index is 1050. The number of esters is 1. The van der Waals surface area contributed by atoms with Crippen LogP contribution in [-0.2, 0) is 14.3 Å². The summed E-state index contributed by atoms with van der Waals surface area (Å²) in [5.74, 6) is 1.16. The van der Waals surface area contributed by atoms with Gasteiger partial charge in [0.15, 0.2) is 12.0 Å². The first-order chi connectivity index (χ1) is 18.5. The van der Waals surface area contributed by atoms with Crippen molar-refractivity contribution in [2.75, 3.05) is 11.5 Å². The molecule has 3 aliphatic heterocycles. The zero-order valence-corrected chi connectivity index (χ0v) is 22.8. The minimum atomic E-state index is -1.09. The number of piperidine rings is 2. The Labute approximate surface area is 226 Å². The molecule has 2 aliphatic carbocycles. The number of aliphatic hydroxyl groups excluding tert-OH is 1. The molecule has 0 radical (unpaired) electrons. The van der Waals surface area contributed by atoms with Crippen LogP contribution in [0.15, 0.2) is 29.3 Å². The van der Waals surface area contributed by atoms with Gasteiger partial charge in [-0.2, -0.15) is 0 Å². The molecule has 1 aromatic carbocycles. The minimum absolute atomic E-state index is 0.00155. The molecule has 7 heteroatoms. The van der Waals surface area contributed by atoms with Crippen LogP contribution in [0.25, 0.3) is 0 Å². The number of para-hydroxylation sites is 2. The molecule has 4 bridgehead atoms. The summed E-state index contributed by atoms with van der Waals surface area (Å²) < 4.78 is 5.00. The Morgan fingerprint density at radius 2 is 1.58 bits per heavy atom. The quantitative estimate of drug-likeness (QED) is 0.499. The fourth-order valence-corrected chi connectivity index (χ4v) is 8.56. The summed E-state index contributed by atoms with van der Waals surface area (Å²) in [6.07, 6.45) is 13.1. The number of hydrogen-bond acceptors (Lipinski definition) is 7. The van der Waals surface area contributed by atoms with Gasteiger partial charge in [0.25, 0.3) is 0 Å². The number of ketones is 1. The largest absolute Gasteiger partial charge is 0.466 e. The number of benzene rings is 1. The molecule has 3 heterocycles. The molecular weight excluding hydrogens is 478 g/mol. The van der Waals surface area contributed by atoms with Gasteiger partial charge in [0.05, 0.1) is 24.4 Å². The van der Waals surface area contributed by atoms with Crippen molar-refractivity contribution in [2.45, 2.75) is 121 Å². The van der Waals surface area contributed by atoms with Crippen molar-refractivity contribution in [3.63, 3.8) is 0 Å². The smallest absolute Gasteiger partial charge is 0.306 e. The molecule has 4 fully saturated rings. The Kier molecular flexibility index (Phi) is 7.59. The van der Waals surface area contributed by atoms with Gasteiger partial charge in [0.1, 0.15) is 5.71 Å². The average molecular weight is 522 g/mol. The Hall–Kier alpha value is -2.25. The van der Waals surface area contributed by atoms with Gasteiger partial charge in [-0.05, 0) is 75.8 Å². The van der Waals surface area contributed by atoms with E-state index in [1.165, 1.54) is 57.8 Å². The Morgan fingerprint density at radius 1 is 0.895 bits per heavy atom. The number of aliphatic imine (C=N–C) groups is 1. The maximum absolute atomic E-state index is 13.2. The van der Waals surface area contributed by atoms with E-state index in [0.717, 1.165) is 42.1 Å². The Balaban J connectivity index is 1.22. The molecule has 1 N–H and O–H groups in total. The van der Waals surface area contributed by atoms with Crippen molar-refractivity contribution < 1.29 is 19.4 Å². The summed E-state index contributed by atoms with van der Waals surface area (Å²) in [6, 6.07) is 9.81. The van der Waals surface area contributed by atoms with Crippen LogP contribution in [-0.4, -0.2) is 64.5 Å². The maximum atomic E-state index is 13.2. The number of hydrogen-bond donors (Lipinski definition) is 1. The predicted octanol–water partition coefficient (Wildman–Crippen LogP) is 5.16. The number of carbonyl (C=O) groups excluding carboxylic acids is 2. The van der Waals surface area contributed by atoms with Gasteiger partial charge in [-0.3, -0.25) is 14.5 Å². The van der Waals surface area contributed by atoms with E-state index in [2.05, 4.69) is 14.8 Å². The summed E-state index contributed by atoms with van der Waals surface area (Å²) in [4.78, 5) is 34.6. The first-order valence-electron chi connectivity index (χ1n) is 15.1. The van der Waals surface area contributed by atoms with Crippen LogP contribution < -0.4 is 4.90 Å². The highest BCUT2D eigenvalue weighted by Gasteiger charge is 2.48. The summed E-state index contributed by atoms with van der Waals surface area (Å²) in [5.41, 5.74) is 1.79. The highest BCUT2D eigenvalue weighted by molar-refractivity contribution is 6.43. The molecule has 5 atom stereocenters. The Morgan fingerprint density at radius 3 is 2.29 bits per heavy atom. The van der Waals surface area contributed by atoms with Crippen molar-refractivity contribution in [2.24, 2.45) is 16.8 Å².